The van der Waals surface area contributed by atoms with Crippen LogP contribution in [0.5, 0.6) is 0 Å². The molecule has 0 saturated carbocycles. The molecule has 1 aromatic heterocycles. The molecule has 2 nitrogen and oxygen atoms in total. The molecule has 0 bridgehead atoms. The maximum Gasteiger partial charge on any atom is 0.169 e. The topological polar surface area (TPSA) is 30.0 Å². The Bertz CT molecular complexity index is 770. The van der Waals surface area contributed by atoms with Crippen LogP contribution in [0.1, 0.15) is 28.5 Å². The predicted molar refractivity (Wildman–Crippen MR) is 85.6 cm³/mol. The van der Waals surface area contributed by atoms with Gasteiger partial charge in [0, 0.05) is 17.5 Å². The summed E-state index contributed by atoms with van der Waals surface area (Å²) in [6.45, 7) is 2.10. The van der Waals surface area contributed by atoms with Gasteiger partial charge in [-0.05, 0) is 28.8 Å². The van der Waals surface area contributed by atoms with Crippen LogP contribution in [-0.2, 0) is 12.8 Å². The number of hydrogen-bond acceptors (Lipinski definition) is 2. The van der Waals surface area contributed by atoms with E-state index in [0.717, 1.165) is 28.5 Å². The molecule has 0 unspecified atom stereocenters. The molecule has 0 N–H and O–H groups in total. The van der Waals surface area contributed by atoms with Crippen molar-refractivity contribution in [2.75, 3.05) is 0 Å². The summed E-state index contributed by atoms with van der Waals surface area (Å²) in [5.41, 5.74) is 2.79. The molecule has 0 aliphatic carbocycles. The van der Waals surface area contributed by atoms with E-state index in [-0.39, 0.29) is 5.78 Å². The van der Waals surface area contributed by atoms with Gasteiger partial charge in [-0.2, -0.15) is 0 Å². The first-order chi connectivity index (χ1) is 10.3. The Balaban J connectivity index is 1.90. The number of aromatic nitrogens is 1. The molecule has 0 aliphatic rings. The Morgan fingerprint density at radius 3 is 2.57 bits per heavy atom. The van der Waals surface area contributed by atoms with Crippen LogP contribution in [0, 0.1) is 0 Å². The Morgan fingerprint density at radius 1 is 1.00 bits per heavy atom. The second-order valence-corrected chi connectivity index (χ2v) is 5.14. The Labute approximate surface area is 124 Å². The number of Topliss-reactive ketones (excluding diaryl/α,β-unsaturated/α-hetero) is 1. The number of pyridine rings is 1. The summed E-state index contributed by atoms with van der Waals surface area (Å²) in [6, 6.07) is 17.8. The van der Waals surface area contributed by atoms with Crippen LogP contribution in [0.15, 0.2) is 60.8 Å². The molecule has 0 radical (unpaired) electrons. The number of rotatable bonds is 4. The lowest BCUT2D eigenvalue weighted by Gasteiger charge is -2.06. The van der Waals surface area contributed by atoms with E-state index in [0.29, 0.717) is 6.42 Å². The molecule has 0 aliphatic heterocycles. The minimum atomic E-state index is 0.114. The van der Waals surface area contributed by atoms with E-state index in [1.165, 1.54) is 5.56 Å². The monoisotopic (exact) mass is 275 g/mol. The molecule has 3 rings (SSSR count). The van der Waals surface area contributed by atoms with Crippen LogP contribution >= 0.6 is 0 Å². The van der Waals surface area contributed by atoms with Crippen molar-refractivity contribution in [3.8, 4) is 0 Å². The minimum Gasteiger partial charge on any atom is -0.294 e. The molecule has 0 amide bonds. The van der Waals surface area contributed by atoms with Gasteiger partial charge in [0.1, 0.15) is 0 Å². The van der Waals surface area contributed by atoms with E-state index in [9.17, 15) is 4.79 Å². The fraction of sp³-hybridized carbons (Fsp3) is 0.158. The van der Waals surface area contributed by atoms with Crippen molar-refractivity contribution in [3.63, 3.8) is 0 Å². The molecule has 21 heavy (non-hydrogen) atoms. The maximum absolute atomic E-state index is 12.5. The van der Waals surface area contributed by atoms with E-state index in [4.69, 9.17) is 0 Å². The van der Waals surface area contributed by atoms with Crippen LogP contribution in [0.4, 0.5) is 0 Å². The van der Waals surface area contributed by atoms with Crippen molar-refractivity contribution in [1.29, 1.82) is 0 Å². The standard InChI is InChI=1S/C19H17NO/c1-2-14-10-11-16(20-13-14)12-19(21)18-9-5-7-15-6-3-4-8-17(15)18/h3-11,13H,2,12H2,1H3. The molecule has 0 atom stereocenters. The highest BCUT2D eigenvalue weighted by molar-refractivity contribution is 6.08. The van der Waals surface area contributed by atoms with Gasteiger partial charge in [-0.3, -0.25) is 9.78 Å². The molecular weight excluding hydrogens is 258 g/mol. The van der Waals surface area contributed by atoms with Gasteiger partial charge in [0.25, 0.3) is 0 Å². The average molecular weight is 275 g/mol. The number of benzene rings is 2. The van der Waals surface area contributed by atoms with Gasteiger partial charge in [0.15, 0.2) is 5.78 Å². The zero-order valence-corrected chi connectivity index (χ0v) is 12.0. The fourth-order valence-electron chi connectivity index (χ4n) is 2.50. The Morgan fingerprint density at radius 2 is 1.81 bits per heavy atom. The second kappa shape index (κ2) is 5.88. The number of fused-ring (bicyclic) bond motifs is 1. The third-order valence-corrected chi connectivity index (χ3v) is 3.73. The van der Waals surface area contributed by atoms with Crippen molar-refractivity contribution >= 4 is 16.6 Å². The smallest absolute Gasteiger partial charge is 0.169 e. The number of aryl methyl sites for hydroxylation is 1. The molecule has 2 aromatic carbocycles. The van der Waals surface area contributed by atoms with Gasteiger partial charge in [-0.1, -0.05) is 55.5 Å². The van der Waals surface area contributed by atoms with E-state index in [1.807, 2.05) is 60.8 Å². The third kappa shape index (κ3) is 2.84. The largest absolute Gasteiger partial charge is 0.294 e. The lowest BCUT2D eigenvalue weighted by Crippen LogP contribution is -2.06. The van der Waals surface area contributed by atoms with E-state index >= 15 is 0 Å². The van der Waals surface area contributed by atoms with Gasteiger partial charge in [0.2, 0.25) is 0 Å². The Hall–Kier alpha value is -2.48. The fourth-order valence-corrected chi connectivity index (χ4v) is 2.50. The third-order valence-electron chi connectivity index (χ3n) is 3.73. The van der Waals surface area contributed by atoms with E-state index in [2.05, 4.69) is 11.9 Å². The molecule has 1 heterocycles. The highest BCUT2D eigenvalue weighted by Gasteiger charge is 2.11. The highest BCUT2D eigenvalue weighted by atomic mass is 16.1. The van der Waals surface area contributed by atoms with Crippen molar-refractivity contribution in [2.24, 2.45) is 0 Å². The minimum absolute atomic E-state index is 0.114. The van der Waals surface area contributed by atoms with Crippen LogP contribution in [-0.4, -0.2) is 10.8 Å². The van der Waals surface area contributed by atoms with Crippen molar-refractivity contribution in [2.45, 2.75) is 19.8 Å². The first-order valence-corrected chi connectivity index (χ1v) is 7.22. The summed E-state index contributed by atoms with van der Waals surface area (Å²) in [4.78, 5) is 16.9. The molecule has 0 spiro atoms. The van der Waals surface area contributed by atoms with Gasteiger partial charge >= 0.3 is 0 Å². The van der Waals surface area contributed by atoms with Crippen molar-refractivity contribution < 1.29 is 4.79 Å². The van der Waals surface area contributed by atoms with Gasteiger partial charge in [-0.15, -0.1) is 0 Å². The Kier molecular flexibility index (Phi) is 3.78. The summed E-state index contributed by atoms with van der Waals surface area (Å²) in [5, 5.41) is 2.10. The molecule has 0 fully saturated rings. The van der Waals surface area contributed by atoms with Gasteiger partial charge in [-0.25, -0.2) is 0 Å². The first kappa shape index (κ1) is 13.5. The average Bonchev–Trinajstić information content (AvgIpc) is 2.55. The number of ketones is 1. The summed E-state index contributed by atoms with van der Waals surface area (Å²) in [7, 11) is 0. The summed E-state index contributed by atoms with van der Waals surface area (Å²) in [6.07, 6.45) is 3.16. The second-order valence-electron chi connectivity index (χ2n) is 5.14. The highest BCUT2D eigenvalue weighted by Crippen LogP contribution is 2.20. The number of hydrogen-bond donors (Lipinski definition) is 0. The van der Waals surface area contributed by atoms with E-state index < -0.39 is 0 Å². The normalized spacial score (nSPS) is 10.7. The molecule has 104 valence electrons. The number of carbonyl (C=O) groups is 1. The summed E-state index contributed by atoms with van der Waals surface area (Å²) < 4.78 is 0. The number of carbonyl (C=O) groups excluding carboxylic acids is 1. The van der Waals surface area contributed by atoms with Gasteiger partial charge in [0.05, 0.1) is 6.42 Å². The van der Waals surface area contributed by atoms with Crippen LogP contribution in [0.3, 0.4) is 0 Å². The van der Waals surface area contributed by atoms with Crippen LogP contribution in [0.2, 0.25) is 0 Å². The van der Waals surface area contributed by atoms with Crippen LogP contribution < -0.4 is 0 Å². The SMILES string of the molecule is CCc1ccc(CC(=O)c2cccc3ccccc23)nc1. The lowest BCUT2D eigenvalue weighted by atomic mass is 9.99. The molecule has 3 aromatic rings. The molecule has 2 heteroatoms. The zero-order chi connectivity index (χ0) is 14.7. The molecular formula is C19H17NO. The number of nitrogens with zero attached hydrogens (tertiary/aromatic N) is 1. The quantitative estimate of drug-likeness (QED) is 0.667. The van der Waals surface area contributed by atoms with Gasteiger partial charge < -0.3 is 0 Å². The van der Waals surface area contributed by atoms with E-state index in [1.54, 1.807) is 0 Å². The first-order valence-electron chi connectivity index (χ1n) is 7.22. The molecule has 0 saturated heterocycles. The van der Waals surface area contributed by atoms with Crippen molar-refractivity contribution in [1.82, 2.24) is 4.98 Å². The maximum atomic E-state index is 12.5. The lowest BCUT2D eigenvalue weighted by molar-refractivity contribution is 0.0993. The summed E-state index contributed by atoms with van der Waals surface area (Å²) in [5.74, 6) is 0.114. The predicted octanol–water partition coefficient (Wildman–Crippen LogP) is 4.22. The summed E-state index contributed by atoms with van der Waals surface area (Å²) >= 11 is 0. The van der Waals surface area contributed by atoms with Crippen LogP contribution in [0.25, 0.3) is 10.8 Å². The van der Waals surface area contributed by atoms with Crippen molar-refractivity contribution in [3.05, 3.63) is 77.6 Å². The zero-order valence-electron chi connectivity index (χ0n) is 12.0.